The van der Waals surface area contributed by atoms with E-state index in [-0.39, 0.29) is 17.9 Å². The molecule has 1 fully saturated rings. The van der Waals surface area contributed by atoms with Crippen LogP contribution >= 0.6 is 11.8 Å². The monoisotopic (exact) mass is 390 g/mol. The molecule has 2 N–H and O–H groups in total. The molecule has 0 radical (unpaired) electrons. The van der Waals surface area contributed by atoms with E-state index in [1.165, 1.54) is 12.8 Å². The molecule has 0 atom stereocenters. The second-order valence-corrected chi connectivity index (χ2v) is 8.44. The summed E-state index contributed by atoms with van der Waals surface area (Å²) in [4.78, 5) is 21.6. The van der Waals surface area contributed by atoms with Crippen LogP contribution in [0.1, 0.15) is 52.9 Å². The highest BCUT2D eigenvalue weighted by Gasteiger charge is 2.22. The Morgan fingerprint density at radius 2 is 2.11 bits per heavy atom. The fourth-order valence-corrected chi connectivity index (χ4v) is 4.05. The van der Waals surface area contributed by atoms with E-state index in [4.69, 9.17) is 4.98 Å². The third kappa shape index (κ3) is 5.12. The maximum absolute atomic E-state index is 12.2. The van der Waals surface area contributed by atoms with E-state index in [9.17, 15) is 4.79 Å². The number of carbonyl (C=O) groups is 1. The Labute approximate surface area is 165 Å². The lowest BCUT2D eigenvalue weighted by Gasteiger charge is -2.12. The molecule has 1 aliphatic rings. The second-order valence-electron chi connectivity index (χ2n) is 7.38. The van der Waals surface area contributed by atoms with Crippen LogP contribution in [0.2, 0.25) is 0 Å². The Morgan fingerprint density at radius 3 is 2.81 bits per heavy atom. The molecule has 2 heterocycles. The Balaban J connectivity index is 1.73. The van der Waals surface area contributed by atoms with E-state index in [2.05, 4.69) is 41.5 Å². The molecule has 1 saturated carbocycles. The number of rotatable bonds is 9. The van der Waals surface area contributed by atoms with Crippen molar-refractivity contribution in [3.05, 3.63) is 6.20 Å². The van der Waals surface area contributed by atoms with Crippen molar-refractivity contribution < 1.29 is 4.79 Å². The number of carbonyl (C=O) groups excluding carboxylic acids is 1. The van der Waals surface area contributed by atoms with Gasteiger partial charge in [0.2, 0.25) is 5.91 Å². The van der Waals surface area contributed by atoms with Crippen LogP contribution in [0.3, 0.4) is 0 Å². The van der Waals surface area contributed by atoms with Crippen LogP contribution in [-0.4, -0.2) is 44.0 Å². The topological polar surface area (TPSA) is 84.7 Å². The molecule has 0 unspecified atom stereocenters. The zero-order chi connectivity index (χ0) is 19.2. The van der Waals surface area contributed by atoms with Gasteiger partial charge in [-0.3, -0.25) is 4.79 Å². The van der Waals surface area contributed by atoms with Gasteiger partial charge >= 0.3 is 0 Å². The number of fused-ring (bicyclic) bond motifs is 1. The Hall–Kier alpha value is -1.83. The lowest BCUT2D eigenvalue weighted by molar-refractivity contribution is -0.124. The number of amides is 1. The number of thioether (sulfide) groups is 1. The van der Waals surface area contributed by atoms with Crippen molar-refractivity contribution in [1.29, 1.82) is 0 Å². The molecule has 7 nitrogen and oxygen atoms in total. The minimum absolute atomic E-state index is 0.181. The zero-order valence-corrected chi connectivity index (χ0v) is 17.3. The van der Waals surface area contributed by atoms with Gasteiger partial charge in [0.15, 0.2) is 10.8 Å². The predicted molar refractivity (Wildman–Crippen MR) is 110 cm³/mol. The van der Waals surface area contributed by atoms with E-state index in [0.29, 0.717) is 13.1 Å². The minimum Gasteiger partial charge on any atom is -0.367 e. The molecule has 27 heavy (non-hydrogen) atoms. The van der Waals surface area contributed by atoms with Gasteiger partial charge < -0.3 is 10.6 Å². The molecule has 2 aromatic rings. The molecule has 3 rings (SSSR count). The van der Waals surface area contributed by atoms with Crippen LogP contribution in [-0.2, 0) is 11.3 Å². The van der Waals surface area contributed by atoms with Gasteiger partial charge in [0.1, 0.15) is 5.82 Å². The summed E-state index contributed by atoms with van der Waals surface area (Å²) in [7, 11) is 0. The van der Waals surface area contributed by atoms with E-state index >= 15 is 0 Å². The fraction of sp³-hybridized carbons (Fsp3) is 0.684. The number of hydrogen-bond acceptors (Lipinski definition) is 6. The number of nitrogens with one attached hydrogen (secondary N) is 2. The SMILES string of the molecule is CCCSc1nc(NC(C)C)c2cnn(CCNC(=O)C3CCCC3)c2n1. The molecular weight excluding hydrogens is 360 g/mol. The van der Waals surface area contributed by atoms with Gasteiger partial charge in [0, 0.05) is 24.3 Å². The number of hydrogen-bond donors (Lipinski definition) is 2. The first-order chi connectivity index (χ1) is 13.1. The van der Waals surface area contributed by atoms with E-state index in [0.717, 1.165) is 47.0 Å². The van der Waals surface area contributed by atoms with Gasteiger partial charge in [-0.05, 0) is 33.1 Å². The number of nitrogens with zero attached hydrogens (tertiary/aromatic N) is 4. The van der Waals surface area contributed by atoms with E-state index in [1.807, 2.05) is 10.9 Å². The Bertz CT molecular complexity index is 769. The van der Waals surface area contributed by atoms with Gasteiger partial charge in [-0.15, -0.1) is 0 Å². The van der Waals surface area contributed by atoms with Crippen LogP contribution in [0, 0.1) is 5.92 Å². The van der Waals surface area contributed by atoms with Crippen molar-refractivity contribution in [2.24, 2.45) is 5.92 Å². The zero-order valence-electron chi connectivity index (χ0n) is 16.5. The number of aromatic nitrogens is 4. The van der Waals surface area contributed by atoms with Gasteiger partial charge in [-0.2, -0.15) is 5.10 Å². The van der Waals surface area contributed by atoms with E-state index < -0.39 is 0 Å². The molecule has 0 aliphatic heterocycles. The highest BCUT2D eigenvalue weighted by atomic mass is 32.2. The fourth-order valence-electron chi connectivity index (χ4n) is 3.36. The van der Waals surface area contributed by atoms with Gasteiger partial charge in [0.25, 0.3) is 0 Å². The van der Waals surface area contributed by atoms with E-state index in [1.54, 1.807) is 11.8 Å². The standard InChI is InChI=1S/C19H30N6OS/c1-4-11-27-19-23-16(22-13(2)3)15-12-21-25(17(15)24-19)10-9-20-18(26)14-7-5-6-8-14/h12-14H,4-11H2,1-3H3,(H,20,26)(H,22,23,24). The van der Waals surface area contributed by atoms with Crippen molar-refractivity contribution in [2.75, 3.05) is 17.6 Å². The van der Waals surface area contributed by atoms with Gasteiger partial charge in [0.05, 0.1) is 18.1 Å². The van der Waals surface area contributed by atoms with Gasteiger partial charge in [-0.1, -0.05) is 31.5 Å². The van der Waals surface area contributed by atoms with Crippen LogP contribution in [0.5, 0.6) is 0 Å². The summed E-state index contributed by atoms with van der Waals surface area (Å²) in [5, 5.41) is 12.6. The molecule has 2 aromatic heterocycles. The first-order valence-corrected chi connectivity index (χ1v) is 11.0. The van der Waals surface area contributed by atoms with Crippen LogP contribution in [0.25, 0.3) is 11.0 Å². The quantitative estimate of drug-likeness (QED) is 0.504. The van der Waals surface area contributed by atoms with Gasteiger partial charge in [-0.25, -0.2) is 14.6 Å². The summed E-state index contributed by atoms with van der Waals surface area (Å²) in [6, 6.07) is 0.279. The number of anilines is 1. The molecule has 0 bridgehead atoms. The van der Waals surface area contributed by atoms with Crippen LogP contribution in [0.4, 0.5) is 5.82 Å². The third-order valence-corrected chi connectivity index (χ3v) is 5.74. The summed E-state index contributed by atoms with van der Waals surface area (Å²) in [6.07, 6.45) is 7.27. The summed E-state index contributed by atoms with van der Waals surface area (Å²) < 4.78 is 1.87. The molecule has 1 amide bonds. The van der Waals surface area contributed by atoms with Crippen molar-refractivity contribution >= 4 is 34.5 Å². The summed E-state index contributed by atoms with van der Waals surface area (Å²) >= 11 is 1.66. The van der Waals surface area contributed by atoms with Crippen molar-refractivity contribution in [3.63, 3.8) is 0 Å². The molecular formula is C19H30N6OS. The highest BCUT2D eigenvalue weighted by molar-refractivity contribution is 7.99. The largest absolute Gasteiger partial charge is 0.367 e. The first-order valence-electron chi connectivity index (χ1n) is 9.99. The molecule has 0 aromatic carbocycles. The lowest BCUT2D eigenvalue weighted by atomic mass is 10.1. The molecule has 148 valence electrons. The second kappa shape index (κ2) is 9.39. The maximum Gasteiger partial charge on any atom is 0.223 e. The molecule has 0 saturated heterocycles. The van der Waals surface area contributed by atoms with Crippen LogP contribution in [0.15, 0.2) is 11.4 Å². The average Bonchev–Trinajstić information content (AvgIpc) is 3.30. The summed E-state index contributed by atoms with van der Waals surface area (Å²) in [5.41, 5.74) is 0.821. The van der Waals surface area contributed by atoms with Crippen LogP contribution < -0.4 is 10.6 Å². The Morgan fingerprint density at radius 1 is 1.33 bits per heavy atom. The molecule has 8 heteroatoms. The minimum atomic E-state index is 0.181. The third-order valence-electron chi connectivity index (χ3n) is 4.69. The predicted octanol–water partition coefficient (Wildman–Crippen LogP) is 3.46. The van der Waals surface area contributed by atoms with Crippen molar-refractivity contribution in [1.82, 2.24) is 25.1 Å². The maximum atomic E-state index is 12.2. The highest BCUT2D eigenvalue weighted by Crippen LogP contribution is 2.26. The summed E-state index contributed by atoms with van der Waals surface area (Å²) in [6.45, 7) is 7.51. The average molecular weight is 391 g/mol. The lowest BCUT2D eigenvalue weighted by Crippen LogP contribution is -2.32. The van der Waals surface area contributed by atoms with Crippen molar-refractivity contribution in [3.8, 4) is 0 Å². The normalized spacial score (nSPS) is 15.0. The summed E-state index contributed by atoms with van der Waals surface area (Å²) in [5.74, 6) is 2.19. The molecule has 1 aliphatic carbocycles. The Kier molecular flexibility index (Phi) is 6.93. The van der Waals surface area contributed by atoms with Crippen molar-refractivity contribution in [2.45, 2.75) is 70.6 Å². The first kappa shape index (κ1) is 19.9. The smallest absolute Gasteiger partial charge is 0.223 e. The molecule has 0 spiro atoms.